The summed E-state index contributed by atoms with van der Waals surface area (Å²) in [5.74, 6) is -4.71. The highest BCUT2D eigenvalue weighted by Crippen LogP contribution is 2.75. The van der Waals surface area contributed by atoms with Crippen molar-refractivity contribution >= 4 is 23.7 Å². The smallest absolute Gasteiger partial charge is 0.360 e. The molecular formula is C42H64O16. The van der Waals surface area contributed by atoms with Crippen molar-refractivity contribution in [1.82, 2.24) is 0 Å². The summed E-state index contributed by atoms with van der Waals surface area (Å²) in [6.07, 6.45) is -10.5. The molecule has 1 heterocycles. The van der Waals surface area contributed by atoms with Crippen LogP contribution in [-0.4, -0.2) is 126 Å². The van der Waals surface area contributed by atoms with Crippen LogP contribution in [0, 0.1) is 50.2 Å². The summed E-state index contributed by atoms with van der Waals surface area (Å²) in [5.41, 5.74) is -1.90. The van der Waals surface area contributed by atoms with Crippen molar-refractivity contribution in [3.63, 3.8) is 0 Å². The average molecular weight is 825 g/mol. The Hall–Kier alpha value is -2.54. The van der Waals surface area contributed by atoms with E-state index in [2.05, 4.69) is 27.7 Å². The van der Waals surface area contributed by atoms with Gasteiger partial charge in [0.2, 0.25) is 0 Å². The number of hydrogen-bond donors (Lipinski definition) is 8. The maximum atomic E-state index is 14.8. The molecule has 6 aliphatic rings. The molecule has 5 unspecified atom stereocenters. The van der Waals surface area contributed by atoms with E-state index in [9.17, 15) is 60.0 Å². The van der Waals surface area contributed by atoms with Crippen molar-refractivity contribution in [2.45, 2.75) is 175 Å². The minimum absolute atomic E-state index is 0.0282. The first kappa shape index (κ1) is 45.0. The Labute approximate surface area is 338 Å². The molecular weight excluding hydrogens is 760 g/mol. The molecule has 0 spiro atoms. The summed E-state index contributed by atoms with van der Waals surface area (Å²) >= 11 is 0. The fourth-order valence-corrected chi connectivity index (χ4v) is 12.9. The zero-order valence-electron chi connectivity index (χ0n) is 34.8. The number of ketones is 1. The zero-order valence-corrected chi connectivity index (χ0v) is 34.8. The van der Waals surface area contributed by atoms with E-state index in [0.717, 1.165) is 24.8 Å². The number of ether oxygens (including phenoxy) is 4. The van der Waals surface area contributed by atoms with Gasteiger partial charge in [0.25, 0.3) is 6.29 Å². The molecule has 1 aliphatic heterocycles. The van der Waals surface area contributed by atoms with Crippen LogP contribution in [-0.2, 0) is 38.1 Å². The maximum Gasteiger partial charge on any atom is 0.360 e. The van der Waals surface area contributed by atoms with Crippen LogP contribution in [0.2, 0.25) is 0 Å². The van der Waals surface area contributed by atoms with Crippen molar-refractivity contribution in [2.75, 3.05) is 0 Å². The molecule has 4 saturated carbocycles. The first-order valence-electron chi connectivity index (χ1n) is 20.7. The number of carbonyl (C=O) groups is 4. The molecule has 18 atom stereocenters. The minimum Gasteiger partial charge on any atom is -0.481 e. The molecule has 0 aromatic carbocycles. The lowest BCUT2D eigenvalue weighted by Crippen LogP contribution is -2.67. The topological polar surface area (TPSA) is 267 Å². The number of hydrogen-bond acceptors (Lipinski definition) is 13. The van der Waals surface area contributed by atoms with Crippen LogP contribution < -0.4 is 0 Å². The number of aliphatic hydroxyl groups is 5. The molecule has 0 aromatic heterocycles. The average Bonchev–Trinajstić information content (AvgIpc) is 3.12. The summed E-state index contributed by atoms with van der Waals surface area (Å²) in [5, 5.41) is 81.9. The number of aliphatic hydroxyl groups excluding tert-OH is 5. The number of fused-ring (bicyclic) bond motifs is 7. The van der Waals surface area contributed by atoms with Crippen molar-refractivity contribution in [3.8, 4) is 0 Å². The predicted molar refractivity (Wildman–Crippen MR) is 201 cm³/mol. The second kappa shape index (κ2) is 15.1. The van der Waals surface area contributed by atoms with E-state index in [1.807, 2.05) is 26.8 Å². The summed E-state index contributed by atoms with van der Waals surface area (Å²) in [4.78, 5) is 50.9. The van der Waals surface area contributed by atoms with Gasteiger partial charge < -0.3 is 59.8 Å². The molecule has 5 fully saturated rings. The third-order valence-corrected chi connectivity index (χ3v) is 16.7. The van der Waals surface area contributed by atoms with Crippen LogP contribution in [0.3, 0.4) is 0 Å². The van der Waals surface area contributed by atoms with E-state index < -0.39 is 101 Å². The van der Waals surface area contributed by atoms with Crippen LogP contribution in [0.5, 0.6) is 0 Å². The largest absolute Gasteiger partial charge is 0.481 e. The third kappa shape index (κ3) is 6.95. The van der Waals surface area contributed by atoms with Gasteiger partial charge in [0.05, 0.1) is 17.6 Å². The highest BCUT2D eigenvalue weighted by atomic mass is 16.8. The van der Waals surface area contributed by atoms with Gasteiger partial charge >= 0.3 is 17.9 Å². The molecule has 328 valence electrons. The van der Waals surface area contributed by atoms with Crippen LogP contribution in [0.4, 0.5) is 0 Å². The number of allylic oxidation sites excluding steroid dienone is 2. The minimum atomic E-state index is -2.46. The summed E-state index contributed by atoms with van der Waals surface area (Å²) in [6, 6.07) is 0. The Morgan fingerprint density at radius 2 is 1.47 bits per heavy atom. The number of carboxylic acids is 3. The van der Waals surface area contributed by atoms with E-state index >= 15 is 0 Å². The Morgan fingerprint density at radius 3 is 2.05 bits per heavy atom. The Balaban J connectivity index is 1.30. The van der Waals surface area contributed by atoms with E-state index in [4.69, 9.17) is 18.9 Å². The lowest BCUT2D eigenvalue weighted by Gasteiger charge is -2.70. The van der Waals surface area contributed by atoms with Gasteiger partial charge in [-0.1, -0.05) is 47.1 Å². The van der Waals surface area contributed by atoms with E-state index in [1.54, 1.807) is 0 Å². The molecule has 58 heavy (non-hydrogen) atoms. The Kier molecular flexibility index (Phi) is 11.7. The van der Waals surface area contributed by atoms with Gasteiger partial charge in [-0.15, -0.1) is 0 Å². The van der Waals surface area contributed by atoms with Gasteiger partial charge in [-0.25, -0.2) is 9.59 Å². The molecule has 16 nitrogen and oxygen atoms in total. The SMILES string of the molecule is C[C@@H](O)C(O[C@@H]1OC(C(=O)O)[C@@H](O)C(O)C1O)[C@H](OC(O)C(=O)O)O[C@H]1CC[C@]2(C)[C@H]3C(=O)C=C4[C@@H]5C[C@@](C)(C(=O)O)CC[C@]5(C)CC[C@@]4(C)[C@]3(C)CC[C@H]2C1(C)C. The molecule has 0 radical (unpaired) electrons. The first-order chi connectivity index (χ1) is 26.7. The fourth-order valence-electron chi connectivity index (χ4n) is 12.9. The van der Waals surface area contributed by atoms with E-state index in [1.165, 1.54) is 6.92 Å². The Morgan fingerprint density at radius 1 is 0.828 bits per heavy atom. The fraction of sp³-hybridized carbons (Fsp3) is 0.857. The van der Waals surface area contributed by atoms with Crippen molar-refractivity contribution in [2.24, 2.45) is 50.2 Å². The standard InChI is InChI=1S/C42H64O16/c1-19(43)28(56-34-27(47)25(45)26(46)29(57-34)31(48)49)35(58-33(52)32(50)51)55-24-10-11-40(6)23(37(24,2)3)9-12-42(8)30(40)22(44)17-20-21-18-39(5,36(53)54)14-13-38(21,4)15-16-41(20,42)7/h17,19,21,23-30,33-35,43,45-47,52H,9-16,18H2,1-8H3,(H,48,49)(H,50,51)(H,53,54)/t19-,21+,23+,24+,25?,26+,27?,28?,29?,30-,33?,34-,35+,38-,39+,40+,41-,42-/m1/s1. The molecule has 0 bridgehead atoms. The third-order valence-electron chi connectivity index (χ3n) is 16.7. The van der Waals surface area contributed by atoms with E-state index in [0.29, 0.717) is 38.5 Å². The second-order valence-corrected chi connectivity index (χ2v) is 20.3. The van der Waals surface area contributed by atoms with Crippen molar-refractivity contribution in [1.29, 1.82) is 0 Å². The van der Waals surface area contributed by atoms with Gasteiger partial charge in [0.15, 0.2) is 24.5 Å². The highest BCUT2D eigenvalue weighted by molar-refractivity contribution is 5.95. The van der Waals surface area contributed by atoms with Gasteiger partial charge in [0, 0.05) is 5.92 Å². The highest BCUT2D eigenvalue weighted by Gasteiger charge is 2.70. The molecule has 6 rings (SSSR count). The van der Waals surface area contributed by atoms with Crippen LogP contribution in [0.1, 0.15) is 113 Å². The second-order valence-electron chi connectivity index (χ2n) is 20.3. The molecule has 8 N–H and O–H groups in total. The molecule has 1 saturated heterocycles. The van der Waals surface area contributed by atoms with Crippen molar-refractivity contribution < 1.29 is 79.0 Å². The number of aliphatic carboxylic acids is 3. The van der Waals surface area contributed by atoms with Crippen LogP contribution >= 0.6 is 0 Å². The van der Waals surface area contributed by atoms with Gasteiger partial charge in [-0.3, -0.25) is 9.59 Å². The first-order valence-corrected chi connectivity index (χ1v) is 20.7. The van der Waals surface area contributed by atoms with E-state index in [-0.39, 0.29) is 34.4 Å². The van der Waals surface area contributed by atoms with Crippen LogP contribution in [0.15, 0.2) is 11.6 Å². The Bertz CT molecular complexity index is 1680. The van der Waals surface area contributed by atoms with Crippen LogP contribution in [0.25, 0.3) is 0 Å². The van der Waals surface area contributed by atoms with Gasteiger partial charge in [0.1, 0.15) is 24.4 Å². The number of rotatable bonds is 11. The van der Waals surface area contributed by atoms with Gasteiger partial charge in [-0.2, -0.15) is 0 Å². The van der Waals surface area contributed by atoms with Crippen molar-refractivity contribution in [3.05, 3.63) is 11.6 Å². The normalized spacial score (nSPS) is 46.8. The van der Waals surface area contributed by atoms with Gasteiger partial charge in [-0.05, 0) is 117 Å². The lowest BCUT2D eigenvalue weighted by molar-refractivity contribution is -0.355. The molecule has 0 aromatic rings. The molecule has 0 amide bonds. The summed E-state index contributed by atoms with van der Waals surface area (Å²) < 4.78 is 23.0. The lowest BCUT2D eigenvalue weighted by atomic mass is 9.33. The predicted octanol–water partition coefficient (Wildman–Crippen LogP) is 2.84. The quantitative estimate of drug-likeness (QED) is 0.139. The maximum absolute atomic E-state index is 14.8. The summed E-state index contributed by atoms with van der Waals surface area (Å²) in [6.45, 7) is 16.0. The number of carboxylic acid groups (broad SMARTS) is 3. The summed E-state index contributed by atoms with van der Waals surface area (Å²) in [7, 11) is 0. The number of carbonyl (C=O) groups excluding carboxylic acids is 1. The zero-order chi connectivity index (χ0) is 43.3. The molecule has 16 heteroatoms. The molecule has 5 aliphatic carbocycles. The monoisotopic (exact) mass is 824 g/mol.